The number of ether oxygens (including phenoxy) is 1. The van der Waals surface area contributed by atoms with Crippen molar-refractivity contribution in [1.29, 1.82) is 0 Å². The van der Waals surface area contributed by atoms with Crippen LogP contribution in [0.15, 0.2) is 42.5 Å². The highest BCUT2D eigenvalue weighted by Crippen LogP contribution is 2.47. The van der Waals surface area contributed by atoms with Crippen molar-refractivity contribution in [1.82, 2.24) is 0 Å². The summed E-state index contributed by atoms with van der Waals surface area (Å²) in [4.78, 5) is 0. The molecule has 0 aromatic heterocycles. The van der Waals surface area contributed by atoms with Crippen LogP contribution in [0.5, 0.6) is 5.75 Å². The standard InChI is InChI=1S/C30H37F5O/c1-2-3-20-4-7-22(8-5-20)23-9-11-24(12-10-23)25-13-15-26(16-14-25)30(34,35)19-21-6-17-28(27(31)18-21)36-29(32)33/h4-8,17-18,23-26,29H,2-3,9-16,19H2,1H3. The number of hydrogen-bond donors (Lipinski definition) is 0. The highest BCUT2D eigenvalue weighted by Gasteiger charge is 2.42. The Morgan fingerprint density at radius 3 is 1.97 bits per heavy atom. The van der Waals surface area contributed by atoms with Crippen molar-refractivity contribution in [3.8, 4) is 5.75 Å². The van der Waals surface area contributed by atoms with E-state index in [4.69, 9.17) is 0 Å². The minimum Gasteiger partial charge on any atom is -0.432 e. The summed E-state index contributed by atoms with van der Waals surface area (Å²) in [6, 6.07) is 12.2. The van der Waals surface area contributed by atoms with Gasteiger partial charge in [-0.15, -0.1) is 0 Å². The van der Waals surface area contributed by atoms with Crippen LogP contribution >= 0.6 is 0 Å². The number of aryl methyl sites for hydroxylation is 1. The summed E-state index contributed by atoms with van der Waals surface area (Å²) in [5, 5.41) is 0. The first-order valence-electron chi connectivity index (χ1n) is 13.4. The highest BCUT2D eigenvalue weighted by molar-refractivity contribution is 5.30. The van der Waals surface area contributed by atoms with E-state index in [0.29, 0.717) is 30.6 Å². The molecule has 0 unspecified atom stereocenters. The first-order valence-corrected chi connectivity index (χ1v) is 13.4. The molecule has 6 heteroatoms. The van der Waals surface area contributed by atoms with Gasteiger partial charge in [-0.3, -0.25) is 0 Å². The molecular formula is C30H37F5O. The second-order valence-electron chi connectivity index (χ2n) is 10.8. The molecule has 2 saturated carbocycles. The lowest BCUT2D eigenvalue weighted by Crippen LogP contribution is -2.35. The Labute approximate surface area is 211 Å². The number of hydrogen-bond acceptors (Lipinski definition) is 1. The summed E-state index contributed by atoms with van der Waals surface area (Å²) in [6.45, 7) is -0.964. The number of halogens is 5. The van der Waals surface area contributed by atoms with E-state index in [1.54, 1.807) is 0 Å². The smallest absolute Gasteiger partial charge is 0.387 e. The maximum absolute atomic E-state index is 15.0. The molecule has 0 bridgehead atoms. The van der Waals surface area contributed by atoms with Gasteiger partial charge in [-0.2, -0.15) is 8.78 Å². The van der Waals surface area contributed by atoms with Crippen LogP contribution in [0.3, 0.4) is 0 Å². The lowest BCUT2D eigenvalue weighted by Gasteiger charge is -2.39. The molecule has 2 aliphatic rings. The second kappa shape index (κ2) is 12.0. The van der Waals surface area contributed by atoms with Crippen LogP contribution in [-0.4, -0.2) is 12.5 Å². The summed E-state index contributed by atoms with van der Waals surface area (Å²) in [7, 11) is 0. The Morgan fingerprint density at radius 1 is 0.833 bits per heavy atom. The van der Waals surface area contributed by atoms with E-state index >= 15 is 8.78 Å². The van der Waals surface area contributed by atoms with E-state index in [0.717, 1.165) is 37.8 Å². The molecule has 4 rings (SSSR count). The molecule has 0 saturated heterocycles. The van der Waals surface area contributed by atoms with Crippen molar-refractivity contribution < 1.29 is 26.7 Å². The molecule has 0 radical (unpaired) electrons. The van der Waals surface area contributed by atoms with Gasteiger partial charge in [0.25, 0.3) is 5.92 Å². The molecule has 2 fully saturated rings. The van der Waals surface area contributed by atoms with Crippen molar-refractivity contribution in [2.45, 2.75) is 96.0 Å². The Kier molecular flexibility index (Phi) is 8.95. The van der Waals surface area contributed by atoms with Crippen LogP contribution in [-0.2, 0) is 12.8 Å². The van der Waals surface area contributed by atoms with Crippen LogP contribution in [0.4, 0.5) is 22.0 Å². The van der Waals surface area contributed by atoms with E-state index in [9.17, 15) is 13.2 Å². The van der Waals surface area contributed by atoms with Crippen LogP contribution in [0.2, 0.25) is 0 Å². The van der Waals surface area contributed by atoms with Crippen LogP contribution in [0, 0.1) is 23.6 Å². The fraction of sp³-hybridized carbons (Fsp3) is 0.600. The average molecular weight is 509 g/mol. The van der Waals surface area contributed by atoms with Gasteiger partial charge in [0.05, 0.1) is 0 Å². The van der Waals surface area contributed by atoms with Gasteiger partial charge < -0.3 is 4.74 Å². The SMILES string of the molecule is CCCc1ccc(C2CCC(C3CCC(C(F)(F)Cc4ccc(OC(F)F)c(F)c4)CC3)CC2)cc1. The third-order valence-electron chi connectivity index (χ3n) is 8.45. The molecule has 0 atom stereocenters. The zero-order valence-electron chi connectivity index (χ0n) is 21.0. The first-order chi connectivity index (χ1) is 17.2. The highest BCUT2D eigenvalue weighted by atomic mass is 19.3. The minimum atomic E-state index is -3.16. The fourth-order valence-corrected chi connectivity index (χ4v) is 6.44. The molecule has 2 aromatic rings. The molecular weight excluding hydrogens is 471 g/mol. The summed E-state index contributed by atoms with van der Waals surface area (Å²) >= 11 is 0. The van der Waals surface area contributed by atoms with Crippen molar-refractivity contribution in [3.05, 3.63) is 65.0 Å². The van der Waals surface area contributed by atoms with Gasteiger partial charge in [-0.1, -0.05) is 43.7 Å². The van der Waals surface area contributed by atoms with Crippen molar-refractivity contribution in [2.24, 2.45) is 17.8 Å². The van der Waals surface area contributed by atoms with Gasteiger partial charge >= 0.3 is 6.61 Å². The molecule has 198 valence electrons. The normalized spacial score (nSPS) is 25.2. The molecule has 2 aromatic carbocycles. The Hall–Kier alpha value is -2.11. The van der Waals surface area contributed by atoms with Gasteiger partial charge in [0, 0.05) is 12.3 Å². The van der Waals surface area contributed by atoms with E-state index in [-0.39, 0.29) is 5.56 Å². The van der Waals surface area contributed by atoms with Crippen molar-refractivity contribution in [2.75, 3.05) is 0 Å². The maximum atomic E-state index is 15.0. The summed E-state index contributed by atoms with van der Waals surface area (Å²) in [5.74, 6) is -3.62. The summed E-state index contributed by atoms with van der Waals surface area (Å²) < 4.78 is 72.7. The number of rotatable bonds is 9. The van der Waals surface area contributed by atoms with Crippen molar-refractivity contribution >= 4 is 0 Å². The lowest BCUT2D eigenvalue weighted by molar-refractivity contribution is -0.0776. The Morgan fingerprint density at radius 2 is 1.42 bits per heavy atom. The van der Waals surface area contributed by atoms with E-state index in [1.807, 2.05) is 0 Å². The van der Waals surface area contributed by atoms with Gasteiger partial charge in [0.2, 0.25) is 0 Å². The van der Waals surface area contributed by atoms with Gasteiger partial charge in [-0.25, -0.2) is 13.2 Å². The summed E-state index contributed by atoms with van der Waals surface area (Å²) in [6.07, 6.45) is 8.95. The van der Waals surface area contributed by atoms with E-state index in [2.05, 4.69) is 35.9 Å². The largest absolute Gasteiger partial charge is 0.432 e. The molecule has 36 heavy (non-hydrogen) atoms. The fourth-order valence-electron chi connectivity index (χ4n) is 6.44. The predicted octanol–water partition coefficient (Wildman–Crippen LogP) is 9.34. The molecule has 1 nitrogen and oxygen atoms in total. The monoisotopic (exact) mass is 508 g/mol. The number of alkyl halides is 4. The van der Waals surface area contributed by atoms with Crippen LogP contribution < -0.4 is 4.74 Å². The second-order valence-corrected chi connectivity index (χ2v) is 10.8. The quantitative estimate of drug-likeness (QED) is 0.307. The summed E-state index contributed by atoms with van der Waals surface area (Å²) in [5.41, 5.74) is 2.93. The third-order valence-corrected chi connectivity index (χ3v) is 8.45. The maximum Gasteiger partial charge on any atom is 0.387 e. The average Bonchev–Trinajstić information content (AvgIpc) is 2.86. The number of benzene rings is 2. The van der Waals surface area contributed by atoms with Gasteiger partial charge in [0.1, 0.15) is 0 Å². The molecule has 0 aliphatic heterocycles. The zero-order chi connectivity index (χ0) is 25.7. The molecule has 0 heterocycles. The van der Waals surface area contributed by atoms with Crippen molar-refractivity contribution in [3.63, 3.8) is 0 Å². The molecule has 0 spiro atoms. The predicted molar refractivity (Wildman–Crippen MR) is 132 cm³/mol. The topological polar surface area (TPSA) is 9.23 Å². The van der Waals surface area contributed by atoms with Gasteiger partial charge in [-0.05, 0) is 104 Å². The first kappa shape index (κ1) is 26.9. The molecule has 2 aliphatic carbocycles. The minimum absolute atomic E-state index is 0.0993. The third kappa shape index (κ3) is 6.80. The Bertz CT molecular complexity index is 958. The molecule has 0 amide bonds. The van der Waals surface area contributed by atoms with E-state index < -0.39 is 36.4 Å². The van der Waals surface area contributed by atoms with Crippen LogP contribution in [0.25, 0.3) is 0 Å². The molecule has 0 N–H and O–H groups in total. The Balaban J connectivity index is 1.25. The zero-order valence-corrected chi connectivity index (χ0v) is 21.0. The van der Waals surface area contributed by atoms with Crippen LogP contribution in [0.1, 0.15) is 87.3 Å². The van der Waals surface area contributed by atoms with E-state index in [1.165, 1.54) is 42.9 Å². The lowest BCUT2D eigenvalue weighted by atomic mass is 9.67. The van der Waals surface area contributed by atoms with Gasteiger partial charge in [0.15, 0.2) is 11.6 Å².